The zero-order chi connectivity index (χ0) is 10.8. The molecule has 0 amide bonds. The number of carbonyl (C=O) groups excluding carboxylic acids is 1. The van der Waals surface area contributed by atoms with Gasteiger partial charge >= 0.3 is 0 Å². The molecule has 0 radical (unpaired) electrons. The van der Waals surface area contributed by atoms with E-state index in [1.807, 2.05) is 30.7 Å². The Hall–Kier alpha value is -1.84. The zero-order valence-electron chi connectivity index (χ0n) is 8.73. The van der Waals surface area contributed by atoms with Gasteiger partial charge in [-0.05, 0) is 26.0 Å². The van der Waals surface area contributed by atoms with Crippen molar-refractivity contribution in [2.45, 2.75) is 20.4 Å². The van der Waals surface area contributed by atoms with Gasteiger partial charge in [0.1, 0.15) is 5.76 Å². The maximum Gasteiger partial charge on any atom is 0.166 e. The molecule has 0 aliphatic heterocycles. The molecule has 0 bridgehead atoms. The monoisotopic (exact) mass is 204 g/mol. The fourth-order valence-corrected chi connectivity index (χ4v) is 1.58. The van der Waals surface area contributed by atoms with Crippen molar-refractivity contribution < 1.29 is 9.32 Å². The highest BCUT2D eigenvalue weighted by Gasteiger charge is 2.10. The van der Waals surface area contributed by atoms with Gasteiger partial charge in [0.05, 0.1) is 17.9 Å². The molecule has 0 atom stereocenters. The summed E-state index contributed by atoms with van der Waals surface area (Å²) in [6.07, 6.45) is 2.72. The van der Waals surface area contributed by atoms with Crippen LogP contribution in [0.4, 0.5) is 0 Å². The first-order chi connectivity index (χ1) is 7.22. The second kappa shape index (κ2) is 3.73. The van der Waals surface area contributed by atoms with E-state index in [1.165, 1.54) is 0 Å². The summed E-state index contributed by atoms with van der Waals surface area (Å²) < 4.78 is 6.94. The van der Waals surface area contributed by atoms with Crippen LogP contribution in [0.3, 0.4) is 0 Å². The molecule has 2 aromatic rings. The van der Waals surface area contributed by atoms with E-state index in [-0.39, 0.29) is 0 Å². The van der Waals surface area contributed by atoms with Gasteiger partial charge in [0, 0.05) is 11.8 Å². The Labute approximate surface area is 87.5 Å². The molecule has 0 aliphatic rings. The van der Waals surface area contributed by atoms with Gasteiger partial charge in [0.15, 0.2) is 6.29 Å². The fourth-order valence-electron chi connectivity index (χ4n) is 1.58. The third-order valence-electron chi connectivity index (χ3n) is 2.50. The lowest BCUT2D eigenvalue weighted by molar-refractivity contribution is 0.111. The minimum absolute atomic E-state index is 0.627. The molecule has 15 heavy (non-hydrogen) atoms. The second-order valence-electron chi connectivity index (χ2n) is 3.48. The minimum Gasteiger partial charge on any atom is -0.361 e. The molecule has 0 saturated carbocycles. The largest absolute Gasteiger partial charge is 0.361 e. The SMILES string of the molecule is Cc1noc(C)c1Cn1cccc1C=O. The lowest BCUT2D eigenvalue weighted by atomic mass is 10.2. The molecule has 0 unspecified atom stereocenters. The van der Waals surface area contributed by atoms with Crippen LogP contribution in [0.2, 0.25) is 0 Å². The van der Waals surface area contributed by atoms with Crippen LogP contribution in [0, 0.1) is 13.8 Å². The van der Waals surface area contributed by atoms with Crippen LogP contribution >= 0.6 is 0 Å². The molecule has 0 spiro atoms. The first kappa shape index (κ1) is 9.71. The molecule has 0 aromatic carbocycles. The van der Waals surface area contributed by atoms with E-state index >= 15 is 0 Å². The molecule has 4 nitrogen and oxygen atoms in total. The van der Waals surface area contributed by atoms with Crippen LogP contribution in [0.5, 0.6) is 0 Å². The van der Waals surface area contributed by atoms with E-state index in [0.717, 1.165) is 23.3 Å². The summed E-state index contributed by atoms with van der Waals surface area (Å²) in [5.41, 5.74) is 2.57. The van der Waals surface area contributed by atoms with Crippen LogP contribution in [0.15, 0.2) is 22.9 Å². The van der Waals surface area contributed by atoms with Crippen molar-refractivity contribution in [2.75, 3.05) is 0 Å². The summed E-state index contributed by atoms with van der Waals surface area (Å²) in [6, 6.07) is 3.63. The van der Waals surface area contributed by atoms with Gasteiger partial charge in [-0.2, -0.15) is 0 Å². The number of aromatic nitrogens is 2. The molecule has 0 fully saturated rings. The lowest BCUT2D eigenvalue weighted by Crippen LogP contribution is -2.03. The average Bonchev–Trinajstić information content (AvgIpc) is 2.79. The summed E-state index contributed by atoms with van der Waals surface area (Å²) in [5, 5.41) is 3.88. The minimum atomic E-state index is 0.627. The van der Waals surface area contributed by atoms with Crippen LogP contribution in [0.25, 0.3) is 0 Å². The van der Waals surface area contributed by atoms with Crippen LogP contribution in [-0.2, 0) is 6.54 Å². The van der Waals surface area contributed by atoms with E-state index in [9.17, 15) is 4.79 Å². The van der Waals surface area contributed by atoms with E-state index in [1.54, 1.807) is 6.07 Å². The van der Waals surface area contributed by atoms with Gasteiger partial charge in [-0.1, -0.05) is 5.16 Å². The van der Waals surface area contributed by atoms with Crippen molar-refractivity contribution in [3.63, 3.8) is 0 Å². The molecule has 4 heteroatoms. The Morgan fingerprint density at radius 3 is 2.93 bits per heavy atom. The standard InChI is InChI=1S/C11H12N2O2/c1-8-11(9(2)15-12-8)6-13-5-3-4-10(13)7-14/h3-5,7H,6H2,1-2H3. The number of rotatable bonds is 3. The average molecular weight is 204 g/mol. The number of aryl methyl sites for hydroxylation is 2. The molecule has 0 aliphatic carbocycles. The second-order valence-corrected chi connectivity index (χ2v) is 3.48. The summed E-state index contributed by atoms with van der Waals surface area (Å²) in [6.45, 7) is 4.40. The maximum atomic E-state index is 10.7. The Morgan fingerprint density at radius 1 is 1.53 bits per heavy atom. The van der Waals surface area contributed by atoms with Gasteiger partial charge < -0.3 is 9.09 Å². The van der Waals surface area contributed by atoms with Gasteiger partial charge in [-0.25, -0.2) is 0 Å². The first-order valence-electron chi connectivity index (χ1n) is 4.74. The normalized spacial score (nSPS) is 10.5. The summed E-state index contributed by atoms with van der Waals surface area (Å²) in [4.78, 5) is 10.7. The Bertz CT molecular complexity index is 463. The highest BCUT2D eigenvalue weighted by atomic mass is 16.5. The number of carbonyl (C=O) groups is 1. The Morgan fingerprint density at radius 2 is 2.33 bits per heavy atom. The van der Waals surface area contributed by atoms with E-state index in [4.69, 9.17) is 4.52 Å². The molecular formula is C11H12N2O2. The van der Waals surface area contributed by atoms with Crippen LogP contribution < -0.4 is 0 Å². The van der Waals surface area contributed by atoms with Crippen LogP contribution in [0.1, 0.15) is 27.5 Å². The lowest BCUT2D eigenvalue weighted by Gasteiger charge is -2.04. The molecule has 2 rings (SSSR count). The van der Waals surface area contributed by atoms with Crippen molar-refractivity contribution in [2.24, 2.45) is 0 Å². The van der Waals surface area contributed by atoms with Crippen molar-refractivity contribution >= 4 is 6.29 Å². The first-order valence-corrected chi connectivity index (χ1v) is 4.74. The van der Waals surface area contributed by atoms with E-state index < -0.39 is 0 Å². The molecule has 78 valence electrons. The quantitative estimate of drug-likeness (QED) is 0.718. The number of aldehydes is 1. The van der Waals surface area contributed by atoms with E-state index in [2.05, 4.69) is 5.16 Å². The van der Waals surface area contributed by atoms with Crippen molar-refractivity contribution in [1.82, 2.24) is 9.72 Å². The zero-order valence-corrected chi connectivity index (χ0v) is 8.73. The van der Waals surface area contributed by atoms with Gasteiger partial charge in [-0.15, -0.1) is 0 Å². The molecular weight excluding hydrogens is 192 g/mol. The molecule has 0 saturated heterocycles. The summed E-state index contributed by atoms with van der Waals surface area (Å²) in [5.74, 6) is 0.804. The summed E-state index contributed by atoms with van der Waals surface area (Å²) >= 11 is 0. The van der Waals surface area contributed by atoms with Gasteiger partial charge in [0.25, 0.3) is 0 Å². The maximum absolute atomic E-state index is 10.7. The molecule has 0 N–H and O–H groups in total. The third kappa shape index (κ3) is 1.70. The van der Waals surface area contributed by atoms with Crippen molar-refractivity contribution in [1.29, 1.82) is 0 Å². The molecule has 2 aromatic heterocycles. The fraction of sp³-hybridized carbons (Fsp3) is 0.273. The Balaban J connectivity index is 2.33. The predicted octanol–water partition coefficient (Wildman–Crippen LogP) is 1.95. The Kier molecular flexibility index (Phi) is 2.41. The number of nitrogens with zero attached hydrogens (tertiary/aromatic N) is 2. The third-order valence-corrected chi connectivity index (χ3v) is 2.50. The smallest absolute Gasteiger partial charge is 0.166 e. The number of hydrogen-bond donors (Lipinski definition) is 0. The highest BCUT2D eigenvalue weighted by molar-refractivity contribution is 5.72. The van der Waals surface area contributed by atoms with Crippen molar-refractivity contribution in [3.8, 4) is 0 Å². The van der Waals surface area contributed by atoms with Gasteiger partial charge in [0.2, 0.25) is 0 Å². The topological polar surface area (TPSA) is 48.0 Å². The van der Waals surface area contributed by atoms with Crippen LogP contribution in [-0.4, -0.2) is 16.0 Å². The van der Waals surface area contributed by atoms with Crippen molar-refractivity contribution in [3.05, 3.63) is 41.0 Å². The highest BCUT2D eigenvalue weighted by Crippen LogP contribution is 2.14. The van der Waals surface area contributed by atoms with Gasteiger partial charge in [-0.3, -0.25) is 4.79 Å². The number of hydrogen-bond acceptors (Lipinski definition) is 3. The summed E-state index contributed by atoms with van der Waals surface area (Å²) in [7, 11) is 0. The molecule has 2 heterocycles. The van der Waals surface area contributed by atoms with E-state index in [0.29, 0.717) is 12.2 Å². The predicted molar refractivity (Wildman–Crippen MR) is 54.9 cm³/mol.